The number of piperazine rings is 1. The Balaban J connectivity index is 1.46. The van der Waals surface area contributed by atoms with Crippen LogP contribution in [-0.2, 0) is 9.53 Å². The average Bonchev–Trinajstić information content (AvgIpc) is 3.14. The summed E-state index contributed by atoms with van der Waals surface area (Å²) in [4.78, 5) is 44.4. The van der Waals surface area contributed by atoms with Gasteiger partial charge in [-0.05, 0) is 37.0 Å². The summed E-state index contributed by atoms with van der Waals surface area (Å²) >= 11 is 0. The van der Waals surface area contributed by atoms with E-state index in [1.165, 1.54) is 6.42 Å². The molecule has 1 aromatic carbocycles. The molecule has 198 valence electrons. The first-order valence-electron chi connectivity index (χ1n) is 12.7. The van der Waals surface area contributed by atoms with Gasteiger partial charge in [0.15, 0.2) is 0 Å². The van der Waals surface area contributed by atoms with Crippen LogP contribution >= 0.6 is 0 Å². The largest absolute Gasteiger partial charge is 0.480 e. The van der Waals surface area contributed by atoms with Crippen molar-refractivity contribution in [3.05, 3.63) is 24.3 Å². The molecule has 0 bridgehead atoms. The molecule has 0 radical (unpaired) electrons. The fourth-order valence-electron chi connectivity index (χ4n) is 4.02. The van der Waals surface area contributed by atoms with Crippen LogP contribution in [-0.4, -0.2) is 85.9 Å². The molecule has 0 spiro atoms. The minimum absolute atomic E-state index is 0.131. The Morgan fingerprint density at radius 1 is 1.11 bits per heavy atom. The van der Waals surface area contributed by atoms with Crippen molar-refractivity contribution in [2.45, 2.75) is 45.6 Å². The molecule has 11 nitrogen and oxygen atoms in total. The second-order valence-electron chi connectivity index (χ2n) is 9.50. The van der Waals surface area contributed by atoms with Crippen LogP contribution in [0.2, 0.25) is 0 Å². The zero-order chi connectivity index (χ0) is 25.9. The molecular weight excluding hydrogens is 464 g/mol. The van der Waals surface area contributed by atoms with Gasteiger partial charge in [-0.2, -0.15) is 0 Å². The molecule has 11 heteroatoms. The molecule has 1 aromatic rings. The first-order chi connectivity index (χ1) is 17.3. The van der Waals surface area contributed by atoms with Crippen LogP contribution in [0.15, 0.2) is 29.3 Å². The van der Waals surface area contributed by atoms with E-state index in [0.717, 1.165) is 43.0 Å². The van der Waals surface area contributed by atoms with E-state index >= 15 is 0 Å². The number of carboxylic acids is 1. The molecule has 2 heterocycles. The molecule has 0 aromatic heterocycles. The summed E-state index contributed by atoms with van der Waals surface area (Å²) in [5.41, 5.74) is 2.08. The number of ether oxygens (including phenoxy) is 1. The molecule has 1 atom stereocenters. The number of amides is 3. The number of carboxylic acid groups (broad SMARTS) is 1. The van der Waals surface area contributed by atoms with Crippen molar-refractivity contribution in [1.82, 2.24) is 15.5 Å². The van der Waals surface area contributed by atoms with E-state index in [1.807, 2.05) is 26.0 Å². The average molecular weight is 503 g/mol. The maximum absolute atomic E-state index is 12.6. The Hall–Kier alpha value is -3.50. The lowest BCUT2D eigenvalue weighted by molar-refractivity contribution is -0.139. The summed E-state index contributed by atoms with van der Waals surface area (Å²) in [6, 6.07) is 6.57. The SMILES string of the molecule is CC(C)COC(=O)NC(CNC(=O)N1CCN(c2cccc(NC3=NCCCCC3)c2)CC1)C(=O)O. The number of carbonyl (C=O) groups is 3. The van der Waals surface area contributed by atoms with Crippen LogP contribution in [0.1, 0.15) is 39.5 Å². The van der Waals surface area contributed by atoms with Gasteiger partial charge in [0.2, 0.25) is 0 Å². The zero-order valence-electron chi connectivity index (χ0n) is 21.2. The second-order valence-corrected chi connectivity index (χ2v) is 9.50. The lowest BCUT2D eigenvalue weighted by atomic mass is 10.2. The van der Waals surface area contributed by atoms with Gasteiger partial charge in [0, 0.05) is 50.5 Å². The lowest BCUT2D eigenvalue weighted by Gasteiger charge is -2.36. The Bertz CT molecular complexity index is 929. The summed E-state index contributed by atoms with van der Waals surface area (Å²) in [5.74, 6) is -0.0783. The number of nitrogens with zero attached hydrogens (tertiary/aromatic N) is 3. The highest BCUT2D eigenvalue weighted by molar-refractivity contribution is 5.96. The first-order valence-corrected chi connectivity index (χ1v) is 12.7. The number of benzene rings is 1. The molecule has 4 N–H and O–H groups in total. The number of aliphatic imine (C=N–C) groups is 1. The van der Waals surface area contributed by atoms with E-state index in [0.29, 0.717) is 26.2 Å². The zero-order valence-corrected chi connectivity index (χ0v) is 21.2. The number of amidine groups is 1. The fourth-order valence-corrected chi connectivity index (χ4v) is 4.02. The molecule has 3 amide bonds. The van der Waals surface area contributed by atoms with Crippen LogP contribution in [0.4, 0.5) is 21.0 Å². The van der Waals surface area contributed by atoms with Crippen LogP contribution in [0.25, 0.3) is 0 Å². The predicted molar refractivity (Wildman–Crippen MR) is 139 cm³/mol. The van der Waals surface area contributed by atoms with Crippen molar-refractivity contribution >= 4 is 35.3 Å². The summed E-state index contributed by atoms with van der Waals surface area (Å²) in [6.45, 7) is 6.88. The number of rotatable bonds is 8. The molecule has 0 saturated carbocycles. The second kappa shape index (κ2) is 13.6. The highest BCUT2D eigenvalue weighted by Crippen LogP contribution is 2.22. The maximum atomic E-state index is 12.6. The predicted octanol–water partition coefficient (Wildman–Crippen LogP) is 2.74. The number of hydrogen-bond donors (Lipinski definition) is 4. The highest BCUT2D eigenvalue weighted by Gasteiger charge is 2.25. The normalized spacial score (nSPS) is 17.0. The maximum Gasteiger partial charge on any atom is 0.407 e. The number of hydrogen-bond acceptors (Lipinski definition) is 7. The third-order valence-corrected chi connectivity index (χ3v) is 6.04. The molecule has 1 unspecified atom stereocenters. The fraction of sp³-hybridized carbons (Fsp3) is 0.600. The quantitative estimate of drug-likeness (QED) is 0.429. The minimum Gasteiger partial charge on any atom is -0.480 e. The van der Waals surface area contributed by atoms with Crippen molar-refractivity contribution in [3.63, 3.8) is 0 Å². The highest BCUT2D eigenvalue weighted by atomic mass is 16.5. The van der Waals surface area contributed by atoms with Crippen LogP contribution in [0, 0.1) is 5.92 Å². The van der Waals surface area contributed by atoms with Crippen molar-refractivity contribution in [2.24, 2.45) is 10.9 Å². The smallest absolute Gasteiger partial charge is 0.407 e. The molecule has 2 aliphatic heterocycles. The Labute approximate surface area is 212 Å². The third kappa shape index (κ3) is 8.62. The van der Waals surface area contributed by atoms with Crippen LogP contribution in [0.5, 0.6) is 0 Å². The van der Waals surface area contributed by atoms with Gasteiger partial charge < -0.3 is 35.6 Å². The van der Waals surface area contributed by atoms with Crippen LogP contribution in [0.3, 0.4) is 0 Å². The summed E-state index contributed by atoms with van der Waals surface area (Å²) in [6.07, 6.45) is 3.66. The molecular formula is C25H38N6O5. The van der Waals surface area contributed by atoms with Crippen molar-refractivity contribution in [2.75, 3.05) is 56.1 Å². The lowest BCUT2D eigenvalue weighted by Crippen LogP contribution is -2.55. The monoisotopic (exact) mass is 502 g/mol. The number of alkyl carbamates (subject to hydrolysis) is 1. The molecule has 36 heavy (non-hydrogen) atoms. The van der Waals surface area contributed by atoms with Gasteiger partial charge in [-0.25, -0.2) is 14.4 Å². The number of nitrogens with one attached hydrogen (secondary N) is 3. The molecule has 2 aliphatic rings. The Kier molecular flexibility index (Phi) is 10.2. The third-order valence-electron chi connectivity index (χ3n) is 6.04. The summed E-state index contributed by atoms with van der Waals surface area (Å²) < 4.78 is 4.96. The van der Waals surface area contributed by atoms with Gasteiger partial charge >= 0.3 is 18.1 Å². The Morgan fingerprint density at radius 2 is 1.89 bits per heavy atom. The van der Waals surface area contributed by atoms with E-state index in [1.54, 1.807) is 4.90 Å². The first kappa shape index (κ1) is 27.1. The van der Waals surface area contributed by atoms with Gasteiger partial charge in [0.1, 0.15) is 11.9 Å². The van der Waals surface area contributed by atoms with E-state index in [4.69, 9.17) is 4.74 Å². The van der Waals surface area contributed by atoms with Gasteiger partial charge in [-0.15, -0.1) is 0 Å². The Morgan fingerprint density at radius 3 is 2.61 bits per heavy atom. The van der Waals surface area contributed by atoms with E-state index in [-0.39, 0.29) is 25.1 Å². The number of aliphatic carboxylic acids is 1. The van der Waals surface area contributed by atoms with E-state index in [9.17, 15) is 19.5 Å². The van der Waals surface area contributed by atoms with Gasteiger partial charge in [0.05, 0.1) is 13.2 Å². The molecule has 1 saturated heterocycles. The van der Waals surface area contributed by atoms with Crippen LogP contribution < -0.4 is 20.9 Å². The summed E-state index contributed by atoms with van der Waals surface area (Å²) in [7, 11) is 0. The standard InChI is InChI=1S/C25H38N6O5/c1-18(2)17-36-25(35)29-21(23(32)33)16-27-24(34)31-13-11-30(12-14-31)20-8-6-7-19(15-20)28-22-9-4-3-5-10-26-22/h6-8,15,18,21H,3-5,9-14,16-17H2,1-2H3,(H,26,28)(H,27,34)(H,29,35)(H,32,33). The van der Waals surface area contributed by atoms with E-state index < -0.39 is 18.1 Å². The molecule has 0 aliphatic carbocycles. The molecule has 3 rings (SSSR count). The van der Waals surface area contributed by atoms with Crippen molar-refractivity contribution in [3.8, 4) is 0 Å². The van der Waals surface area contributed by atoms with E-state index in [2.05, 4.69) is 38.0 Å². The van der Waals surface area contributed by atoms with Crippen molar-refractivity contribution < 1.29 is 24.2 Å². The topological polar surface area (TPSA) is 136 Å². The minimum atomic E-state index is -1.27. The van der Waals surface area contributed by atoms with Crippen molar-refractivity contribution in [1.29, 1.82) is 0 Å². The van der Waals surface area contributed by atoms with Gasteiger partial charge in [-0.3, -0.25) is 4.99 Å². The van der Waals surface area contributed by atoms with Gasteiger partial charge in [-0.1, -0.05) is 26.3 Å². The number of anilines is 2. The van der Waals surface area contributed by atoms with Gasteiger partial charge in [0.25, 0.3) is 0 Å². The summed E-state index contributed by atoms with van der Waals surface area (Å²) in [5, 5.41) is 17.7. The number of urea groups is 1. The molecule has 1 fully saturated rings. The number of carbonyl (C=O) groups excluding carboxylic acids is 2.